The standard InChI is InChI=1S/C17H30N4/c1-3-15(18)17(14-11-19-20(2)12-14)21-10-6-8-13-7-4-5-9-16(13)21/h11-13,15-17H,3-10,18H2,1-2H3/t13-,15?,16-,17?/m1/s1. The highest BCUT2D eigenvalue weighted by atomic mass is 15.3. The lowest BCUT2D eigenvalue weighted by Gasteiger charge is -2.49. The van der Waals surface area contributed by atoms with Gasteiger partial charge >= 0.3 is 0 Å². The highest BCUT2D eigenvalue weighted by molar-refractivity contribution is 5.15. The van der Waals surface area contributed by atoms with Crippen molar-refractivity contribution in [1.29, 1.82) is 0 Å². The normalized spacial score (nSPS) is 29.9. The van der Waals surface area contributed by atoms with E-state index in [1.54, 1.807) is 0 Å². The van der Waals surface area contributed by atoms with Gasteiger partial charge in [0.2, 0.25) is 0 Å². The van der Waals surface area contributed by atoms with Crippen LogP contribution in [-0.4, -0.2) is 33.3 Å². The Labute approximate surface area is 128 Å². The topological polar surface area (TPSA) is 47.1 Å². The van der Waals surface area contributed by atoms with E-state index >= 15 is 0 Å². The number of hydrogen-bond acceptors (Lipinski definition) is 3. The van der Waals surface area contributed by atoms with E-state index in [1.807, 2.05) is 17.9 Å². The highest BCUT2D eigenvalue weighted by Crippen LogP contribution is 2.40. The molecule has 0 aromatic carbocycles. The molecule has 1 saturated heterocycles. The average molecular weight is 290 g/mol. The Balaban J connectivity index is 1.87. The van der Waals surface area contributed by atoms with Gasteiger partial charge in [0, 0.05) is 30.9 Å². The van der Waals surface area contributed by atoms with Crippen LogP contribution in [0.2, 0.25) is 0 Å². The fourth-order valence-corrected chi connectivity index (χ4v) is 4.51. The summed E-state index contributed by atoms with van der Waals surface area (Å²) in [7, 11) is 2.00. The smallest absolute Gasteiger partial charge is 0.0538 e. The minimum absolute atomic E-state index is 0.204. The molecule has 0 radical (unpaired) electrons. The van der Waals surface area contributed by atoms with Crippen molar-refractivity contribution in [3.63, 3.8) is 0 Å². The van der Waals surface area contributed by atoms with Gasteiger partial charge < -0.3 is 5.73 Å². The first-order chi connectivity index (χ1) is 10.2. The third-order valence-corrected chi connectivity index (χ3v) is 5.59. The predicted molar refractivity (Wildman–Crippen MR) is 85.9 cm³/mol. The minimum Gasteiger partial charge on any atom is -0.326 e. The van der Waals surface area contributed by atoms with Gasteiger partial charge in [-0.3, -0.25) is 9.58 Å². The Morgan fingerprint density at radius 2 is 2.05 bits per heavy atom. The van der Waals surface area contributed by atoms with Gasteiger partial charge in [0.25, 0.3) is 0 Å². The summed E-state index contributed by atoms with van der Waals surface area (Å²) in [5.41, 5.74) is 7.84. The molecule has 3 rings (SSSR count). The number of nitrogens with two attached hydrogens (primary N) is 1. The number of aryl methyl sites for hydroxylation is 1. The van der Waals surface area contributed by atoms with Crippen LogP contribution < -0.4 is 5.73 Å². The molecule has 2 heterocycles. The molecule has 1 aliphatic heterocycles. The van der Waals surface area contributed by atoms with Gasteiger partial charge in [-0.25, -0.2) is 0 Å². The first kappa shape index (κ1) is 15.0. The number of aromatic nitrogens is 2. The van der Waals surface area contributed by atoms with Gasteiger partial charge in [-0.1, -0.05) is 19.8 Å². The monoisotopic (exact) mass is 290 g/mol. The Hall–Kier alpha value is -0.870. The van der Waals surface area contributed by atoms with E-state index in [9.17, 15) is 0 Å². The van der Waals surface area contributed by atoms with Gasteiger partial charge in [-0.15, -0.1) is 0 Å². The molecule has 1 aliphatic carbocycles. The summed E-state index contributed by atoms with van der Waals surface area (Å²) in [6.45, 7) is 3.41. The van der Waals surface area contributed by atoms with Crippen molar-refractivity contribution >= 4 is 0 Å². The largest absolute Gasteiger partial charge is 0.326 e. The maximum absolute atomic E-state index is 6.53. The maximum atomic E-state index is 6.53. The molecule has 4 heteroatoms. The number of fused-ring (bicyclic) bond motifs is 1. The molecule has 0 amide bonds. The van der Waals surface area contributed by atoms with Crippen molar-refractivity contribution in [2.75, 3.05) is 6.54 Å². The van der Waals surface area contributed by atoms with Crippen molar-refractivity contribution in [2.45, 2.75) is 70.0 Å². The molecule has 2 N–H and O–H groups in total. The maximum Gasteiger partial charge on any atom is 0.0538 e. The molecule has 1 aromatic rings. The number of rotatable bonds is 4. The van der Waals surface area contributed by atoms with Crippen molar-refractivity contribution in [3.8, 4) is 0 Å². The lowest BCUT2D eigenvalue weighted by atomic mass is 9.77. The SMILES string of the molecule is CCC(N)C(c1cnn(C)c1)N1CCC[C@H]2CCCC[C@H]21. The summed E-state index contributed by atoms with van der Waals surface area (Å²) in [5, 5.41) is 4.39. The lowest BCUT2D eigenvalue weighted by Crippen LogP contribution is -2.52. The fraction of sp³-hybridized carbons (Fsp3) is 0.824. The molecule has 2 fully saturated rings. The van der Waals surface area contributed by atoms with Crippen molar-refractivity contribution in [1.82, 2.24) is 14.7 Å². The molecule has 0 spiro atoms. The average Bonchev–Trinajstić information content (AvgIpc) is 2.93. The van der Waals surface area contributed by atoms with Gasteiger partial charge in [0.15, 0.2) is 0 Å². The summed E-state index contributed by atoms with van der Waals surface area (Å²) in [6, 6.07) is 1.29. The van der Waals surface area contributed by atoms with Crippen molar-refractivity contribution in [2.24, 2.45) is 18.7 Å². The Bertz CT molecular complexity index is 453. The molecule has 2 unspecified atom stereocenters. The third kappa shape index (κ3) is 3.02. The minimum atomic E-state index is 0.204. The Morgan fingerprint density at radius 3 is 2.76 bits per heavy atom. The van der Waals surface area contributed by atoms with Gasteiger partial charge in [0.1, 0.15) is 0 Å². The summed E-state index contributed by atoms with van der Waals surface area (Å²) in [6.07, 6.45) is 13.5. The molecular formula is C17H30N4. The summed E-state index contributed by atoms with van der Waals surface area (Å²) < 4.78 is 1.91. The van der Waals surface area contributed by atoms with Crippen LogP contribution in [0.4, 0.5) is 0 Å². The molecular weight excluding hydrogens is 260 g/mol. The summed E-state index contributed by atoms with van der Waals surface area (Å²) in [5.74, 6) is 0.899. The highest BCUT2D eigenvalue weighted by Gasteiger charge is 2.39. The fourth-order valence-electron chi connectivity index (χ4n) is 4.51. The number of piperidine rings is 1. The number of nitrogens with zero attached hydrogens (tertiary/aromatic N) is 3. The first-order valence-corrected chi connectivity index (χ1v) is 8.70. The molecule has 4 atom stereocenters. The zero-order valence-corrected chi connectivity index (χ0v) is 13.5. The van der Waals surface area contributed by atoms with E-state index in [0.717, 1.165) is 18.4 Å². The zero-order chi connectivity index (χ0) is 14.8. The third-order valence-electron chi connectivity index (χ3n) is 5.59. The van der Waals surface area contributed by atoms with Crippen molar-refractivity contribution in [3.05, 3.63) is 18.0 Å². The van der Waals surface area contributed by atoms with Crippen LogP contribution >= 0.6 is 0 Å². The Morgan fingerprint density at radius 1 is 1.29 bits per heavy atom. The van der Waals surface area contributed by atoms with E-state index in [4.69, 9.17) is 5.73 Å². The summed E-state index contributed by atoms with van der Waals surface area (Å²) >= 11 is 0. The van der Waals surface area contributed by atoms with Gasteiger partial charge in [-0.05, 0) is 44.6 Å². The van der Waals surface area contributed by atoms with Crippen LogP contribution in [0.5, 0.6) is 0 Å². The molecule has 0 bridgehead atoms. The number of likely N-dealkylation sites (tertiary alicyclic amines) is 1. The molecule has 2 aliphatic rings. The second-order valence-corrected chi connectivity index (χ2v) is 6.96. The molecule has 1 aromatic heterocycles. The van der Waals surface area contributed by atoms with Gasteiger partial charge in [0.05, 0.1) is 12.2 Å². The van der Waals surface area contributed by atoms with Crippen LogP contribution in [0.1, 0.15) is 63.5 Å². The van der Waals surface area contributed by atoms with Crippen LogP contribution in [0.25, 0.3) is 0 Å². The quantitative estimate of drug-likeness (QED) is 0.927. The van der Waals surface area contributed by atoms with Crippen LogP contribution in [0.3, 0.4) is 0 Å². The van der Waals surface area contributed by atoms with E-state index in [-0.39, 0.29) is 6.04 Å². The second-order valence-electron chi connectivity index (χ2n) is 6.96. The predicted octanol–water partition coefficient (Wildman–Crippen LogP) is 2.85. The van der Waals surface area contributed by atoms with E-state index < -0.39 is 0 Å². The van der Waals surface area contributed by atoms with Crippen molar-refractivity contribution < 1.29 is 0 Å². The summed E-state index contributed by atoms with van der Waals surface area (Å²) in [4.78, 5) is 2.73. The number of hydrogen-bond donors (Lipinski definition) is 1. The van der Waals surface area contributed by atoms with E-state index in [1.165, 1.54) is 50.6 Å². The van der Waals surface area contributed by atoms with E-state index in [0.29, 0.717) is 6.04 Å². The molecule has 118 valence electrons. The molecule has 1 saturated carbocycles. The van der Waals surface area contributed by atoms with Gasteiger partial charge in [-0.2, -0.15) is 5.10 Å². The molecule has 4 nitrogen and oxygen atoms in total. The lowest BCUT2D eigenvalue weighted by molar-refractivity contribution is 0.0154. The van der Waals surface area contributed by atoms with Crippen LogP contribution in [0, 0.1) is 5.92 Å². The zero-order valence-electron chi connectivity index (χ0n) is 13.5. The first-order valence-electron chi connectivity index (χ1n) is 8.70. The Kier molecular flexibility index (Phi) is 4.65. The van der Waals surface area contributed by atoms with Crippen LogP contribution in [-0.2, 0) is 7.05 Å². The molecule has 21 heavy (non-hydrogen) atoms. The van der Waals surface area contributed by atoms with Crippen LogP contribution in [0.15, 0.2) is 12.4 Å². The van der Waals surface area contributed by atoms with E-state index in [2.05, 4.69) is 23.1 Å². The second kappa shape index (κ2) is 6.49.